The fraction of sp³-hybridized carbons (Fsp3) is 0.333. The third-order valence-corrected chi connectivity index (χ3v) is 5.32. The van der Waals surface area contributed by atoms with Crippen LogP contribution >= 0.6 is 11.3 Å². The molecule has 1 aromatic carbocycles. The predicted octanol–water partition coefficient (Wildman–Crippen LogP) is 2.92. The van der Waals surface area contributed by atoms with Gasteiger partial charge < -0.3 is 14.5 Å². The molecule has 126 valence electrons. The number of thiophene rings is 1. The summed E-state index contributed by atoms with van der Waals surface area (Å²) in [4.78, 5) is 29.3. The number of ketones is 1. The van der Waals surface area contributed by atoms with Crippen molar-refractivity contribution in [3.63, 3.8) is 0 Å². The summed E-state index contributed by atoms with van der Waals surface area (Å²) in [6, 6.07) is 11.4. The summed E-state index contributed by atoms with van der Waals surface area (Å²) in [7, 11) is 1.66. The van der Waals surface area contributed by atoms with Crippen LogP contribution in [0.1, 0.15) is 26.3 Å². The Morgan fingerprint density at radius 3 is 2.38 bits per heavy atom. The number of piperazine rings is 1. The second kappa shape index (κ2) is 7.05. The van der Waals surface area contributed by atoms with Crippen LogP contribution in [-0.4, -0.2) is 49.9 Å². The molecule has 0 bridgehead atoms. The van der Waals surface area contributed by atoms with Crippen molar-refractivity contribution >= 4 is 28.7 Å². The van der Waals surface area contributed by atoms with Crippen molar-refractivity contribution < 1.29 is 14.3 Å². The largest absolute Gasteiger partial charge is 0.497 e. The molecule has 1 aliphatic heterocycles. The van der Waals surface area contributed by atoms with Gasteiger partial charge in [-0.05, 0) is 31.2 Å². The molecule has 1 aliphatic rings. The molecule has 0 aliphatic carbocycles. The molecule has 0 atom stereocenters. The van der Waals surface area contributed by atoms with E-state index in [1.54, 1.807) is 19.2 Å². The molecule has 3 rings (SSSR count). The van der Waals surface area contributed by atoms with Gasteiger partial charge in [0.15, 0.2) is 5.78 Å². The summed E-state index contributed by atoms with van der Waals surface area (Å²) in [5.74, 6) is 0.848. The number of anilines is 1. The number of hydrogen-bond donors (Lipinski definition) is 0. The van der Waals surface area contributed by atoms with E-state index in [-0.39, 0.29) is 11.7 Å². The lowest BCUT2D eigenvalue weighted by molar-refractivity contribution is 0.0751. The quantitative estimate of drug-likeness (QED) is 0.800. The van der Waals surface area contributed by atoms with Gasteiger partial charge >= 0.3 is 0 Å². The van der Waals surface area contributed by atoms with Crippen molar-refractivity contribution in [2.45, 2.75) is 6.92 Å². The minimum atomic E-state index is 0.00175. The maximum Gasteiger partial charge on any atom is 0.264 e. The Morgan fingerprint density at radius 1 is 1.04 bits per heavy atom. The van der Waals surface area contributed by atoms with Gasteiger partial charge in [-0.2, -0.15) is 0 Å². The second-order valence-electron chi connectivity index (χ2n) is 5.70. The van der Waals surface area contributed by atoms with E-state index in [1.165, 1.54) is 18.3 Å². The van der Waals surface area contributed by atoms with Gasteiger partial charge in [0.25, 0.3) is 5.91 Å². The highest BCUT2D eigenvalue weighted by atomic mass is 32.1. The highest BCUT2D eigenvalue weighted by molar-refractivity contribution is 7.15. The van der Waals surface area contributed by atoms with Gasteiger partial charge in [-0.3, -0.25) is 9.59 Å². The van der Waals surface area contributed by atoms with Crippen LogP contribution in [0.15, 0.2) is 36.4 Å². The highest BCUT2D eigenvalue weighted by Crippen LogP contribution is 2.24. The summed E-state index contributed by atoms with van der Waals surface area (Å²) < 4.78 is 5.27. The first-order chi connectivity index (χ1) is 11.6. The van der Waals surface area contributed by atoms with E-state index in [1.807, 2.05) is 23.1 Å². The number of amides is 1. The van der Waals surface area contributed by atoms with Crippen molar-refractivity contribution in [1.29, 1.82) is 0 Å². The Bertz CT molecular complexity index is 748. The summed E-state index contributed by atoms with van der Waals surface area (Å²) >= 11 is 1.27. The van der Waals surface area contributed by atoms with E-state index in [0.717, 1.165) is 24.5 Å². The van der Waals surface area contributed by atoms with Crippen LogP contribution in [-0.2, 0) is 0 Å². The number of benzene rings is 1. The summed E-state index contributed by atoms with van der Waals surface area (Å²) in [5.41, 5.74) is 1.11. The number of carbonyl (C=O) groups is 2. The van der Waals surface area contributed by atoms with Crippen molar-refractivity contribution in [2.24, 2.45) is 0 Å². The molecule has 0 unspecified atom stereocenters. The SMILES string of the molecule is COc1cccc(N2CCN(C(=O)c3ccc(C(C)=O)s3)CC2)c1. The molecule has 1 saturated heterocycles. The lowest BCUT2D eigenvalue weighted by Gasteiger charge is -2.36. The molecule has 5 nitrogen and oxygen atoms in total. The van der Waals surface area contributed by atoms with Gasteiger partial charge in [0.2, 0.25) is 0 Å². The fourth-order valence-electron chi connectivity index (χ4n) is 2.77. The van der Waals surface area contributed by atoms with Gasteiger partial charge in [0.1, 0.15) is 5.75 Å². The summed E-state index contributed by atoms with van der Waals surface area (Å²) in [5, 5.41) is 0. The number of hydrogen-bond acceptors (Lipinski definition) is 5. The highest BCUT2D eigenvalue weighted by Gasteiger charge is 2.23. The number of rotatable bonds is 4. The average molecular weight is 344 g/mol. The van der Waals surface area contributed by atoms with Crippen molar-refractivity contribution in [2.75, 3.05) is 38.2 Å². The normalized spacial score (nSPS) is 14.6. The first kappa shape index (κ1) is 16.5. The first-order valence-corrected chi connectivity index (χ1v) is 8.69. The van der Waals surface area contributed by atoms with E-state index >= 15 is 0 Å². The maximum atomic E-state index is 12.6. The van der Waals surface area contributed by atoms with Gasteiger partial charge in [0.05, 0.1) is 16.9 Å². The van der Waals surface area contributed by atoms with Crippen molar-refractivity contribution in [3.05, 3.63) is 46.2 Å². The lowest BCUT2D eigenvalue weighted by atomic mass is 10.2. The molecule has 2 heterocycles. The average Bonchev–Trinajstić information content (AvgIpc) is 3.12. The van der Waals surface area contributed by atoms with E-state index in [9.17, 15) is 9.59 Å². The molecule has 0 spiro atoms. The number of methoxy groups -OCH3 is 1. The molecule has 1 aromatic heterocycles. The van der Waals surface area contributed by atoms with Gasteiger partial charge in [0, 0.05) is 37.9 Å². The lowest BCUT2D eigenvalue weighted by Crippen LogP contribution is -2.48. The molecular weight excluding hydrogens is 324 g/mol. The van der Waals surface area contributed by atoms with Crippen LogP contribution in [0.5, 0.6) is 5.75 Å². The number of nitrogens with zero attached hydrogens (tertiary/aromatic N) is 2. The standard InChI is InChI=1S/C18H20N2O3S/c1-13(21)16-6-7-17(24-16)18(22)20-10-8-19(9-11-20)14-4-3-5-15(12-14)23-2/h3-7,12H,8-11H2,1-2H3. The molecular formula is C18H20N2O3S. The zero-order valence-electron chi connectivity index (χ0n) is 13.8. The third kappa shape index (κ3) is 3.43. The Hall–Kier alpha value is -2.34. The van der Waals surface area contributed by atoms with Crippen LogP contribution in [0.25, 0.3) is 0 Å². The minimum Gasteiger partial charge on any atom is -0.497 e. The Kier molecular flexibility index (Phi) is 4.85. The third-order valence-electron chi connectivity index (χ3n) is 4.15. The van der Waals surface area contributed by atoms with Crippen molar-refractivity contribution in [1.82, 2.24) is 4.90 Å². The molecule has 0 saturated carbocycles. The molecule has 1 fully saturated rings. The molecule has 24 heavy (non-hydrogen) atoms. The van der Waals surface area contributed by atoms with Crippen molar-refractivity contribution in [3.8, 4) is 5.75 Å². The van der Waals surface area contributed by atoms with Crippen LogP contribution in [0.2, 0.25) is 0 Å². The smallest absolute Gasteiger partial charge is 0.264 e. The monoisotopic (exact) mass is 344 g/mol. The maximum absolute atomic E-state index is 12.6. The van der Waals surface area contributed by atoms with Crippen LogP contribution in [0.3, 0.4) is 0 Å². The number of Topliss-reactive ketones (excluding diaryl/α,β-unsaturated/α-hetero) is 1. The van der Waals surface area contributed by atoms with E-state index in [0.29, 0.717) is 22.8 Å². The first-order valence-electron chi connectivity index (χ1n) is 7.87. The van der Waals surface area contributed by atoms with Gasteiger partial charge in [-0.15, -0.1) is 11.3 Å². The summed E-state index contributed by atoms with van der Waals surface area (Å²) in [6.45, 7) is 4.42. The number of carbonyl (C=O) groups excluding carboxylic acids is 2. The number of ether oxygens (including phenoxy) is 1. The molecule has 0 N–H and O–H groups in total. The Morgan fingerprint density at radius 2 is 1.75 bits per heavy atom. The van der Waals surface area contributed by atoms with Gasteiger partial charge in [-0.1, -0.05) is 6.07 Å². The Balaban J connectivity index is 1.63. The topological polar surface area (TPSA) is 49.9 Å². The molecule has 6 heteroatoms. The second-order valence-corrected chi connectivity index (χ2v) is 6.78. The zero-order valence-corrected chi connectivity index (χ0v) is 14.6. The predicted molar refractivity (Wildman–Crippen MR) is 95.4 cm³/mol. The Labute approximate surface area is 145 Å². The van der Waals surface area contributed by atoms with Crippen LogP contribution in [0.4, 0.5) is 5.69 Å². The molecule has 2 aromatic rings. The minimum absolute atomic E-state index is 0.00175. The summed E-state index contributed by atoms with van der Waals surface area (Å²) in [6.07, 6.45) is 0. The zero-order chi connectivity index (χ0) is 17.1. The van der Waals surface area contributed by atoms with Crippen LogP contribution < -0.4 is 9.64 Å². The van der Waals surface area contributed by atoms with Crippen LogP contribution in [0, 0.1) is 0 Å². The molecule has 0 radical (unpaired) electrons. The fourth-order valence-corrected chi connectivity index (χ4v) is 3.64. The van der Waals surface area contributed by atoms with E-state index in [2.05, 4.69) is 11.0 Å². The van der Waals surface area contributed by atoms with E-state index in [4.69, 9.17) is 4.74 Å². The van der Waals surface area contributed by atoms with Gasteiger partial charge in [-0.25, -0.2) is 0 Å². The molecule has 1 amide bonds. The van der Waals surface area contributed by atoms with E-state index < -0.39 is 0 Å².